The van der Waals surface area contributed by atoms with Gasteiger partial charge in [-0.2, -0.15) is 0 Å². The van der Waals surface area contributed by atoms with Crippen molar-refractivity contribution in [2.75, 3.05) is 0 Å². The van der Waals surface area contributed by atoms with Crippen LogP contribution in [0.25, 0.3) is 11.3 Å². The monoisotopic (exact) mass is 291 g/mol. The van der Waals surface area contributed by atoms with Gasteiger partial charge >= 0.3 is 5.97 Å². The third-order valence-corrected chi connectivity index (χ3v) is 4.23. The fraction of sp³-hybridized carbons (Fsp3) is 0.333. The molecule has 2 atom stereocenters. The van der Waals surface area contributed by atoms with Gasteiger partial charge < -0.3 is 9.63 Å². The molecular weight excluding hydrogens is 278 g/mol. The number of benzene rings is 1. The average Bonchev–Trinajstić information content (AvgIpc) is 2.84. The number of nitrogens with zero attached hydrogens (tertiary/aromatic N) is 1. The minimum absolute atomic E-state index is 0.148. The highest BCUT2D eigenvalue weighted by atomic mass is 35.5. The molecule has 1 aliphatic rings. The molecule has 0 aliphatic heterocycles. The van der Waals surface area contributed by atoms with Crippen molar-refractivity contribution in [3.63, 3.8) is 0 Å². The van der Waals surface area contributed by atoms with E-state index >= 15 is 0 Å². The highest BCUT2D eigenvalue weighted by molar-refractivity contribution is 6.30. The Morgan fingerprint density at radius 3 is 2.75 bits per heavy atom. The number of hydrogen-bond acceptors (Lipinski definition) is 3. The smallest absolute Gasteiger partial charge is 0.307 e. The van der Waals surface area contributed by atoms with Crippen molar-refractivity contribution < 1.29 is 14.4 Å². The summed E-state index contributed by atoms with van der Waals surface area (Å²) in [5, 5.41) is 14.0. The van der Waals surface area contributed by atoms with Gasteiger partial charge in [-0.3, -0.25) is 4.79 Å². The summed E-state index contributed by atoms with van der Waals surface area (Å²) in [7, 11) is 0. The largest absolute Gasteiger partial charge is 0.481 e. The summed E-state index contributed by atoms with van der Waals surface area (Å²) in [5.74, 6) is -0.612. The lowest BCUT2D eigenvalue weighted by molar-refractivity contribution is -0.143. The summed E-state index contributed by atoms with van der Waals surface area (Å²) in [6, 6.07) is 7.41. The van der Waals surface area contributed by atoms with Crippen LogP contribution < -0.4 is 0 Å². The van der Waals surface area contributed by atoms with Gasteiger partial charge in [-0.15, -0.1) is 0 Å². The van der Waals surface area contributed by atoms with Gasteiger partial charge in [0.15, 0.2) is 0 Å². The lowest BCUT2D eigenvalue weighted by Crippen LogP contribution is -2.25. The molecule has 104 valence electrons. The maximum atomic E-state index is 11.2. The third kappa shape index (κ3) is 2.10. The number of hydrogen-bond donors (Lipinski definition) is 1. The minimum Gasteiger partial charge on any atom is -0.481 e. The van der Waals surface area contributed by atoms with Crippen LogP contribution in [-0.4, -0.2) is 16.2 Å². The zero-order valence-corrected chi connectivity index (χ0v) is 11.7. The first kappa shape index (κ1) is 13.2. The van der Waals surface area contributed by atoms with Crippen molar-refractivity contribution in [2.24, 2.45) is 5.92 Å². The summed E-state index contributed by atoms with van der Waals surface area (Å²) >= 11 is 5.88. The molecule has 0 fully saturated rings. The fourth-order valence-electron chi connectivity index (χ4n) is 2.83. The molecule has 1 heterocycles. The molecule has 0 saturated carbocycles. The number of aromatic nitrogens is 1. The van der Waals surface area contributed by atoms with Crippen molar-refractivity contribution in [1.29, 1.82) is 0 Å². The van der Waals surface area contributed by atoms with Gasteiger partial charge in [-0.25, -0.2) is 0 Å². The quantitative estimate of drug-likeness (QED) is 0.915. The topological polar surface area (TPSA) is 63.3 Å². The first-order valence-electron chi connectivity index (χ1n) is 6.55. The minimum atomic E-state index is -0.771. The van der Waals surface area contributed by atoms with Crippen LogP contribution in [0.2, 0.25) is 5.02 Å². The van der Waals surface area contributed by atoms with E-state index in [1.165, 1.54) is 0 Å². The lowest BCUT2D eigenvalue weighted by atomic mass is 9.79. The van der Waals surface area contributed by atoms with Crippen molar-refractivity contribution in [1.82, 2.24) is 5.16 Å². The molecule has 0 bridgehead atoms. The van der Waals surface area contributed by atoms with Gasteiger partial charge in [0.2, 0.25) is 0 Å². The standard InChI is InChI=1S/C15H14ClNO3/c1-8-11(15(18)19)6-7-12-13(17-20-14(8)12)9-2-4-10(16)5-3-9/h2-5,8,11H,6-7H2,1H3,(H,18,19)/t8-,11-/m0/s1. The van der Waals surface area contributed by atoms with E-state index in [0.717, 1.165) is 16.8 Å². The molecule has 2 aromatic rings. The molecule has 0 unspecified atom stereocenters. The summed E-state index contributed by atoms with van der Waals surface area (Å²) in [6.07, 6.45) is 1.30. The van der Waals surface area contributed by atoms with Gasteiger partial charge in [0.25, 0.3) is 0 Å². The number of rotatable bonds is 2. The molecule has 0 saturated heterocycles. The average molecular weight is 292 g/mol. The van der Waals surface area contributed by atoms with Crippen LogP contribution in [0.5, 0.6) is 0 Å². The summed E-state index contributed by atoms with van der Waals surface area (Å²) in [4.78, 5) is 11.2. The molecular formula is C15H14ClNO3. The number of carboxylic acid groups (broad SMARTS) is 1. The Labute approximate surface area is 121 Å². The second-order valence-electron chi connectivity index (χ2n) is 5.15. The molecule has 1 aliphatic carbocycles. The maximum Gasteiger partial charge on any atom is 0.307 e. The van der Waals surface area contributed by atoms with E-state index in [4.69, 9.17) is 16.1 Å². The maximum absolute atomic E-state index is 11.2. The zero-order valence-electron chi connectivity index (χ0n) is 11.0. The molecule has 0 spiro atoms. The van der Waals surface area contributed by atoms with Crippen molar-refractivity contribution >= 4 is 17.6 Å². The molecule has 1 N–H and O–H groups in total. The zero-order chi connectivity index (χ0) is 14.3. The van der Waals surface area contributed by atoms with E-state index in [-0.39, 0.29) is 5.92 Å². The molecule has 5 heteroatoms. The Bertz CT molecular complexity index is 648. The van der Waals surface area contributed by atoms with Crippen LogP contribution in [0.4, 0.5) is 0 Å². The lowest BCUT2D eigenvalue weighted by Gasteiger charge is -2.23. The van der Waals surface area contributed by atoms with E-state index in [0.29, 0.717) is 23.6 Å². The summed E-state index contributed by atoms with van der Waals surface area (Å²) in [6.45, 7) is 1.88. The first-order valence-corrected chi connectivity index (χ1v) is 6.93. The molecule has 0 radical (unpaired) electrons. The van der Waals surface area contributed by atoms with Crippen LogP contribution in [0, 0.1) is 5.92 Å². The molecule has 1 aromatic carbocycles. The third-order valence-electron chi connectivity index (χ3n) is 3.98. The molecule has 0 amide bonds. The van der Waals surface area contributed by atoms with Gasteiger partial charge in [-0.05, 0) is 25.0 Å². The number of carbonyl (C=O) groups is 1. The van der Waals surface area contributed by atoms with Gasteiger partial charge in [0.1, 0.15) is 11.5 Å². The van der Waals surface area contributed by atoms with E-state index in [1.807, 2.05) is 31.2 Å². The molecule has 3 rings (SSSR count). The van der Waals surface area contributed by atoms with Gasteiger partial charge in [0.05, 0.1) is 5.92 Å². The van der Waals surface area contributed by atoms with Crippen LogP contribution in [0.3, 0.4) is 0 Å². The van der Waals surface area contributed by atoms with E-state index < -0.39 is 11.9 Å². The van der Waals surface area contributed by atoms with Crippen LogP contribution in [0.15, 0.2) is 28.8 Å². The first-order chi connectivity index (χ1) is 9.58. The Balaban J connectivity index is 2.00. The molecule has 4 nitrogen and oxygen atoms in total. The summed E-state index contributed by atoms with van der Waals surface area (Å²) in [5.41, 5.74) is 2.77. The number of aliphatic carboxylic acids is 1. The second kappa shape index (κ2) is 4.94. The number of carboxylic acids is 1. The predicted octanol–water partition coefficient (Wildman–Crippen LogP) is 3.75. The number of halogens is 1. The SMILES string of the molecule is C[C@@H]1c2onc(-c3ccc(Cl)cc3)c2CC[C@@H]1C(=O)O. The molecule has 1 aromatic heterocycles. The second-order valence-corrected chi connectivity index (χ2v) is 5.59. The van der Waals surface area contributed by atoms with Crippen molar-refractivity contribution in [3.8, 4) is 11.3 Å². The van der Waals surface area contributed by atoms with E-state index in [2.05, 4.69) is 5.16 Å². The highest BCUT2D eigenvalue weighted by Gasteiger charge is 2.36. The Kier molecular flexibility index (Phi) is 3.26. The van der Waals surface area contributed by atoms with E-state index in [9.17, 15) is 9.90 Å². The van der Waals surface area contributed by atoms with Crippen LogP contribution in [-0.2, 0) is 11.2 Å². The van der Waals surface area contributed by atoms with Crippen LogP contribution >= 0.6 is 11.6 Å². The molecule has 20 heavy (non-hydrogen) atoms. The van der Waals surface area contributed by atoms with Crippen molar-refractivity contribution in [3.05, 3.63) is 40.6 Å². The van der Waals surface area contributed by atoms with Crippen LogP contribution in [0.1, 0.15) is 30.6 Å². The normalized spacial score (nSPS) is 21.5. The highest BCUT2D eigenvalue weighted by Crippen LogP contribution is 2.40. The van der Waals surface area contributed by atoms with Gasteiger partial charge in [-0.1, -0.05) is 35.8 Å². The van der Waals surface area contributed by atoms with E-state index in [1.54, 1.807) is 0 Å². The predicted molar refractivity (Wildman–Crippen MR) is 74.8 cm³/mol. The van der Waals surface area contributed by atoms with Gasteiger partial charge in [0, 0.05) is 22.1 Å². The number of fused-ring (bicyclic) bond motifs is 1. The van der Waals surface area contributed by atoms with Crippen molar-refractivity contribution in [2.45, 2.75) is 25.7 Å². The fourth-order valence-corrected chi connectivity index (χ4v) is 2.95. The Hall–Kier alpha value is -1.81. The Morgan fingerprint density at radius 2 is 2.10 bits per heavy atom. The summed E-state index contributed by atoms with van der Waals surface area (Å²) < 4.78 is 5.42. The Morgan fingerprint density at radius 1 is 1.40 bits per heavy atom.